The maximum atomic E-state index is 13.3. The summed E-state index contributed by atoms with van der Waals surface area (Å²) in [6.45, 7) is 5.96. The van der Waals surface area contributed by atoms with Crippen LogP contribution in [0.4, 0.5) is 5.13 Å². The van der Waals surface area contributed by atoms with Crippen molar-refractivity contribution >= 4 is 45.7 Å². The first-order valence-corrected chi connectivity index (χ1v) is 13.6. The lowest BCUT2D eigenvalue weighted by atomic mass is 9.94. The molecule has 4 aromatic rings. The summed E-state index contributed by atoms with van der Waals surface area (Å²) in [5.41, 5.74) is 5.66. The number of aryl methyl sites for hydroxylation is 3. The van der Waals surface area contributed by atoms with Gasteiger partial charge in [-0.2, -0.15) is 0 Å². The van der Waals surface area contributed by atoms with Crippen LogP contribution in [-0.4, -0.2) is 27.0 Å². The summed E-state index contributed by atoms with van der Waals surface area (Å²) in [6.07, 6.45) is 0. The van der Waals surface area contributed by atoms with Crippen LogP contribution in [0.25, 0.3) is 5.76 Å². The molecule has 2 heterocycles. The van der Waals surface area contributed by atoms with E-state index in [-0.39, 0.29) is 11.3 Å². The molecule has 1 N–H and O–H groups in total. The van der Waals surface area contributed by atoms with E-state index in [4.69, 9.17) is 0 Å². The van der Waals surface area contributed by atoms with Gasteiger partial charge in [0.15, 0.2) is 4.34 Å². The zero-order valence-electron chi connectivity index (χ0n) is 20.6. The Balaban J connectivity index is 1.53. The Hall–Kier alpha value is -3.75. The van der Waals surface area contributed by atoms with E-state index in [0.717, 1.165) is 16.7 Å². The number of aliphatic hydroxyl groups is 1. The second-order valence-corrected chi connectivity index (χ2v) is 11.2. The Bertz CT molecular complexity index is 1490. The molecular weight excluding hydrogens is 502 g/mol. The van der Waals surface area contributed by atoms with Crippen LogP contribution < -0.4 is 4.90 Å². The highest BCUT2D eigenvalue weighted by molar-refractivity contribution is 8.00. The standard InChI is InChI=1S/C29H25N3O3S2/c1-17-4-10-20(11-5-17)16-36-29-31-30-28(37-29)32-24(21-12-6-18(2)7-13-21)23(26(34)27(32)35)25(33)22-14-8-19(3)9-15-22/h4-15,24,33H,16H2,1-3H3/b25-23-. The maximum absolute atomic E-state index is 13.3. The fourth-order valence-corrected chi connectivity index (χ4v) is 5.97. The quantitative estimate of drug-likeness (QED) is 0.103. The van der Waals surface area contributed by atoms with Crippen LogP contribution in [0.2, 0.25) is 0 Å². The van der Waals surface area contributed by atoms with Gasteiger partial charge in [0.25, 0.3) is 5.78 Å². The lowest BCUT2D eigenvalue weighted by Crippen LogP contribution is -2.29. The van der Waals surface area contributed by atoms with Crippen LogP contribution >= 0.6 is 23.1 Å². The smallest absolute Gasteiger partial charge is 0.301 e. The minimum atomic E-state index is -0.815. The van der Waals surface area contributed by atoms with Gasteiger partial charge in [-0.25, -0.2) is 0 Å². The molecule has 0 saturated carbocycles. The first-order valence-electron chi connectivity index (χ1n) is 11.8. The summed E-state index contributed by atoms with van der Waals surface area (Å²) in [6, 6.07) is 22.3. The van der Waals surface area contributed by atoms with Gasteiger partial charge in [-0.3, -0.25) is 14.5 Å². The topological polar surface area (TPSA) is 83.4 Å². The van der Waals surface area contributed by atoms with Crippen LogP contribution in [0.3, 0.4) is 0 Å². The van der Waals surface area contributed by atoms with Crippen LogP contribution in [-0.2, 0) is 15.3 Å². The van der Waals surface area contributed by atoms with E-state index < -0.39 is 17.7 Å². The van der Waals surface area contributed by atoms with Gasteiger partial charge in [0.05, 0.1) is 11.6 Å². The number of ketones is 1. The molecule has 1 fully saturated rings. The van der Waals surface area contributed by atoms with Gasteiger partial charge in [-0.1, -0.05) is 113 Å². The van der Waals surface area contributed by atoms with Gasteiger partial charge < -0.3 is 5.11 Å². The molecule has 1 aliphatic rings. The number of carbonyl (C=O) groups is 2. The molecule has 0 bridgehead atoms. The molecule has 186 valence electrons. The predicted octanol–water partition coefficient (Wildman–Crippen LogP) is 6.38. The molecule has 1 unspecified atom stereocenters. The number of amides is 1. The first kappa shape index (κ1) is 24.9. The summed E-state index contributed by atoms with van der Waals surface area (Å²) in [4.78, 5) is 28.0. The zero-order valence-corrected chi connectivity index (χ0v) is 22.3. The number of aromatic nitrogens is 2. The van der Waals surface area contributed by atoms with Crippen LogP contribution in [0, 0.1) is 20.8 Å². The summed E-state index contributed by atoms with van der Waals surface area (Å²) < 4.78 is 0.693. The minimum Gasteiger partial charge on any atom is -0.507 e. The average molecular weight is 528 g/mol. The Morgan fingerprint density at radius 3 is 2.05 bits per heavy atom. The van der Waals surface area contributed by atoms with Gasteiger partial charge >= 0.3 is 5.91 Å². The molecule has 3 aromatic carbocycles. The van der Waals surface area contributed by atoms with Gasteiger partial charge in [0.2, 0.25) is 5.13 Å². The summed E-state index contributed by atoms with van der Waals surface area (Å²) in [7, 11) is 0. The molecule has 0 aliphatic carbocycles. The molecule has 8 heteroatoms. The lowest BCUT2D eigenvalue weighted by molar-refractivity contribution is -0.132. The van der Waals surface area contributed by atoms with Crippen molar-refractivity contribution in [1.82, 2.24) is 10.2 Å². The van der Waals surface area contributed by atoms with Crippen LogP contribution in [0.1, 0.15) is 39.4 Å². The second-order valence-electron chi connectivity index (χ2n) is 9.07. The van der Waals surface area contributed by atoms with Crippen LogP contribution in [0.15, 0.2) is 82.7 Å². The Kier molecular flexibility index (Phi) is 6.95. The highest BCUT2D eigenvalue weighted by Crippen LogP contribution is 2.44. The predicted molar refractivity (Wildman–Crippen MR) is 148 cm³/mol. The molecule has 1 aromatic heterocycles. The molecule has 1 atom stereocenters. The number of hydrogen-bond donors (Lipinski definition) is 1. The first-order chi connectivity index (χ1) is 17.8. The van der Waals surface area contributed by atoms with Crippen molar-refractivity contribution in [2.24, 2.45) is 0 Å². The largest absolute Gasteiger partial charge is 0.507 e. The van der Waals surface area contributed by atoms with Crippen molar-refractivity contribution in [3.8, 4) is 0 Å². The third kappa shape index (κ3) is 5.08. The minimum absolute atomic E-state index is 0.0433. The number of rotatable bonds is 6. The van der Waals surface area contributed by atoms with Gasteiger partial charge in [-0.05, 0) is 31.9 Å². The molecule has 0 spiro atoms. The van der Waals surface area contributed by atoms with Gasteiger partial charge in [-0.15, -0.1) is 10.2 Å². The summed E-state index contributed by atoms with van der Waals surface area (Å²) >= 11 is 2.79. The number of benzene rings is 3. The van der Waals surface area contributed by atoms with Crippen molar-refractivity contribution in [3.05, 3.63) is 112 Å². The molecule has 37 heavy (non-hydrogen) atoms. The van der Waals surface area contributed by atoms with E-state index in [0.29, 0.717) is 26.4 Å². The molecule has 1 amide bonds. The van der Waals surface area contributed by atoms with E-state index in [2.05, 4.69) is 34.5 Å². The number of Topliss-reactive ketones (excluding diaryl/α,β-unsaturated/α-hetero) is 1. The molecule has 1 saturated heterocycles. The lowest BCUT2D eigenvalue weighted by Gasteiger charge is -2.22. The molecule has 6 nitrogen and oxygen atoms in total. The van der Waals surface area contributed by atoms with E-state index in [9.17, 15) is 14.7 Å². The second kappa shape index (κ2) is 10.3. The number of anilines is 1. The third-order valence-electron chi connectivity index (χ3n) is 6.25. The Morgan fingerprint density at radius 1 is 0.865 bits per heavy atom. The van der Waals surface area contributed by atoms with Gasteiger partial charge in [0.1, 0.15) is 5.76 Å². The fourth-order valence-electron chi connectivity index (χ4n) is 4.15. The van der Waals surface area contributed by atoms with Crippen molar-refractivity contribution in [1.29, 1.82) is 0 Å². The Labute approximate surface area is 223 Å². The molecule has 1 aliphatic heterocycles. The zero-order chi connectivity index (χ0) is 26.1. The van der Waals surface area contributed by atoms with E-state index in [1.54, 1.807) is 12.1 Å². The third-order valence-corrected chi connectivity index (χ3v) is 8.37. The van der Waals surface area contributed by atoms with Crippen molar-refractivity contribution < 1.29 is 14.7 Å². The maximum Gasteiger partial charge on any atom is 0.301 e. The molecular formula is C29H25N3O3S2. The van der Waals surface area contributed by atoms with Crippen molar-refractivity contribution in [3.63, 3.8) is 0 Å². The monoisotopic (exact) mass is 527 g/mol. The average Bonchev–Trinajstić information content (AvgIpc) is 3.46. The molecule has 0 radical (unpaired) electrons. The number of aliphatic hydroxyl groups excluding tert-OH is 1. The summed E-state index contributed by atoms with van der Waals surface area (Å²) in [5, 5.41) is 20.1. The number of hydrogen-bond acceptors (Lipinski definition) is 7. The summed E-state index contributed by atoms with van der Waals surface area (Å²) in [5.74, 6) is -0.967. The van der Waals surface area contributed by atoms with E-state index >= 15 is 0 Å². The number of nitrogens with zero attached hydrogens (tertiary/aromatic N) is 3. The molecule has 5 rings (SSSR count). The van der Waals surface area contributed by atoms with Crippen LogP contribution in [0.5, 0.6) is 0 Å². The Morgan fingerprint density at radius 2 is 1.43 bits per heavy atom. The highest BCUT2D eigenvalue weighted by atomic mass is 32.2. The van der Waals surface area contributed by atoms with Crippen molar-refractivity contribution in [2.45, 2.75) is 36.9 Å². The van der Waals surface area contributed by atoms with Gasteiger partial charge in [0, 0.05) is 11.3 Å². The van der Waals surface area contributed by atoms with Crippen molar-refractivity contribution in [2.75, 3.05) is 4.90 Å². The fraction of sp³-hybridized carbons (Fsp3) is 0.172. The number of thioether (sulfide) groups is 1. The SMILES string of the molecule is Cc1ccc(CSc2nnc(N3C(=O)C(=O)/C(=C(\O)c4ccc(C)cc4)C3c3ccc(C)cc3)s2)cc1. The normalized spacial score (nSPS) is 16.9. The van der Waals surface area contributed by atoms with E-state index in [1.807, 2.05) is 57.2 Å². The highest BCUT2D eigenvalue weighted by Gasteiger charge is 2.48. The van der Waals surface area contributed by atoms with E-state index in [1.165, 1.54) is 33.6 Å². The number of carbonyl (C=O) groups excluding carboxylic acids is 2.